The summed E-state index contributed by atoms with van der Waals surface area (Å²) in [5.74, 6) is 0. The van der Waals surface area contributed by atoms with Crippen molar-refractivity contribution >= 4 is 12.0 Å². The van der Waals surface area contributed by atoms with Crippen LogP contribution in [0, 0.1) is 13.8 Å². The molecule has 19 heavy (non-hydrogen) atoms. The SMILES string of the molecule is Cc1c(C=O)c(C)n(C)c1-c1ccc(N(C)C)cc1. The topological polar surface area (TPSA) is 25.2 Å². The van der Waals surface area contributed by atoms with E-state index in [1.54, 1.807) is 0 Å². The molecule has 0 aliphatic carbocycles. The lowest BCUT2D eigenvalue weighted by molar-refractivity contribution is 0.112. The first-order chi connectivity index (χ1) is 8.97. The molecule has 1 heterocycles. The van der Waals surface area contributed by atoms with Gasteiger partial charge < -0.3 is 9.47 Å². The highest BCUT2D eigenvalue weighted by Crippen LogP contribution is 2.30. The summed E-state index contributed by atoms with van der Waals surface area (Å²) in [5.41, 5.74) is 6.29. The van der Waals surface area contributed by atoms with E-state index in [-0.39, 0.29) is 0 Å². The molecule has 1 aromatic heterocycles. The quantitative estimate of drug-likeness (QED) is 0.788. The molecule has 100 valence electrons. The van der Waals surface area contributed by atoms with Crippen LogP contribution in [-0.2, 0) is 7.05 Å². The zero-order valence-electron chi connectivity index (χ0n) is 12.2. The first-order valence-corrected chi connectivity index (χ1v) is 6.36. The Hall–Kier alpha value is -2.03. The molecule has 0 aliphatic heterocycles. The zero-order chi connectivity index (χ0) is 14.2. The van der Waals surface area contributed by atoms with Crippen LogP contribution in [0.3, 0.4) is 0 Å². The summed E-state index contributed by atoms with van der Waals surface area (Å²) in [7, 11) is 6.05. The maximum atomic E-state index is 11.2. The van der Waals surface area contributed by atoms with Gasteiger partial charge in [0.25, 0.3) is 0 Å². The first kappa shape index (κ1) is 13.4. The van der Waals surface area contributed by atoms with E-state index < -0.39 is 0 Å². The summed E-state index contributed by atoms with van der Waals surface area (Å²) < 4.78 is 2.09. The van der Waals surface area contributed by atoms with Crippen LogP contribution in [-0.4, -0.2) is 24.9 Å². The van der Waals surface area contributed by atoms with E-state index in [1.165, 1.54) is 5.69 Å². The van der Waals surface area contributed by atoms with E-state index >= 15 is 0 Å². The van der Waals surface area contributed by atoms with Crippen molar-refractivity contribution in [3.63, 3.8) is 0 Å². The minimum Gasteiger partial charge on any atom is -0.378 e. The average Bonchev–Trinajstić information content (AvgIpc) is 2.60. The number of nitrogens with zero attached hydrogens (tertiary/aromatic N) is 2. The number of benzene rings is 1. The highest BCUT2D eigenvalue weighted by molar-refractivity contribution is 5.84. The third-order valence-corrected chi connectivity index (χ3v) is 3.76. The van der Waals surface area contributed by atoms with Gasteiger partial charge in [0.2, 0.25) is 0 Å². The van der Waals surface area contributed by atoms with E-state index in [0.717, 1.165) is 34.4 Å². The zero-order valence-corrected chi connectivity index (χ0v) is 12.2. The van der Waals surface area contributed by atoms with E-state index in [4.69, 9.17) is 0 Å². The van der Waals surface area contributed by atoms with Crippen LogP contribution in [0.1, 0.15) is 21.6 Å². The van der Waals surface area contributed by atoms with Crippen molar-refractivity contribution in [2.75, 3.05) is 19.0 Å². The summed E-state index contributed by atoms with van der Waals surface area (Å²) in [6, 6.07) is 8.40. The second-order valence-electron chi connectivity index (χ2n) is 5.09. The van der Waals surface area contributed by atoms with Crippen LogP contribution in [0.5, 0.6) is 0 Å². The largest absolute Gasteiger partial charge is 0.378 e. The minimum absolute atomic E-state index is 0.800. The average molecular weight is 256 g/mol. The Balaban J connectivity index is 2.56. The molecule has 0 fully saturated rings. The van der Waals surface area contributed by atoms with Gasteiger partial charge in [0, 0.05) is 38.1 Å². The van der Waals surface area contributed by atoms with Crippen molar-refractivity contribution in [3.05, 3.63) is 41.1 Å². The number of carbonyl (C=O) groups is 1. The lowest BCUT2D eigenvalue weighted by Crippen LogP contribution is -2.08. The third-order valence-electron chi connectivity index (χ3n) is 3.76. The molecule has 0 amide bonds. The third kappa shape index (κ3) is 2.16. The minimum atomic E-state index is 0.800. The normalized spacial score (nSPS) is 10.6. The van der Waals surface area contributed by atoms with Crippen molar-refractivity contribution in [1.82, 2.24) is 4.57 Å². The Morgan fingerprint density at radius 3 is 2.11 bits per heavy atom. The molecule has 0 radical (unpaired) electrons. The number of aldehydes is 1. The molecule has 0 unspecified atom stereocenters. The van der Waals surface area contributed by atoms with Crippen molar-refractivity contribution in [2.45, 2.75) is 13.8 Å². The van der Waals surface area contributed by atoms with Crippen LogP contribution >= 0.6 is 0 Å². The maximum Gasteiger partial charge on any atom is 0.152 e. The van der Waals surface area contributed by atoms with Gasteiger partial charge in [-0.25, -0.2) is 0 Å². The highest BCUT2D eigenvalue weighted by atomic mass is 16.1. The van der Waals surface area contributed by atoms with Gasteiger partial charge in [-0.1, -0.05) is 12.1 Å². The molecule has 0 aliphatic rings. The van der Waals surface area contributed by atoms with Crippen LogP contribution in [0.2, 0.25) is 0 Å². The standard InChI is InChI=1S/C16H20N2O/c1-11-15(10-19)12(2)18(5)16(11)13-6-8-14(9-7-13)17(3)4/h6-10H,1-5H3. The van der Waals surface area contributed by atoms with Crippen molar-refractivity contribution in [1.29, 1.82) is 0 Å². The molecule has 1 aromatic carbocycles. The second-order valence-corrected chi connectivity index (χ2v) is 5.09. The molecule has 3 nitrogen and oxygen atoms in total. The number of hydrogen-bond acceptors (Lipinski definition) is 2. The summed E-state index contributed by atoms with van der Waals surface area (Å²) in [4.78, 5) is 13.2. The van der Waals surface area contributed by atoms with Crippen molar-refractivity contribution in [3.8, 4) is 11.3 Å². The second kappa shape index (κ2) is 4.92. The molecule has 0 saturated carbocycles. The van der Waals surface area contributed by atoms with E-state index in [9.17, 15) is 4.79 Å². The number of carbonyl (C=O) groups excluding carboxylic acids is 1. The summed E-state index contributed by atoms with van der Waals surface area (Å²) in [5, 5.41) is 0. The van der Waals surface area contributed by atoms with Crippen LogP contribution < -0.4 is 4.90 Å². The van der Waals surface area contributed by atoms with Gasteiger partial charge in [0.15, 0.2) is 6.29 Å². The first-order valence-electron chi connectivity index (χ1n) is 6.36. The van der Waals surface area contributed by atoms with Crippen LogP contribution in [0.25, 0.3) is 11.3 Å². The van der Waals surface area contributed by atoms with Crippen LogP contribution in [0.4, 0.5) is 5.69 Å². The Morgan fingerprint density at radius 2 is 1.68 bits per heavy atom. The molecule has 0 saturated heterocycles. The fraction of sp³-hybridized carbons (Fsp3) is 0.312. The van der Waals surface area contributed by atoms with Gasteiger partial charge in [0.05, 0.1) is 5.69 Å². The maximum absolute atomic E-state index is 11.2. The lowest BCUT2D eigenvalue weighted by atomic mass is 10.1. The fourth-order valence-electron chi connectivity index (χ4n) is 2.50. The summed E-state index contributed by atoms with van der Waals surface area (Å²) in [6.07, 6.45) is 0.947. The van der Waals surface area contributed by atoms with E-state index in [2.05, 4.69) is 33.7 Å². The molecule has 3 heteroatoms. The molecule has 0 atom stereocenters. The lowest BCUT2D eigenvalue weighted by Gasteiger charge is -2.13. The molecular formula is C16H20N2O. The number of anilines is 1. The Labute approximate surface area is 114 Å². The van der Waals surface area contributed by atoms with Gasteiger partial charge in [-0.05, 0) is 37.1 Å². The van der Waals surface area contributed by atoms with Crippen molar-refractivity contribution in [2.24, 2.45) is 7.05 Å². The fourth-order valence-corrected chi connectivity index (χ4v) is 2.50. The molecular weight excluding hydrogens is 236 g/mol. The number of rotatable bonds is 3. The number of hydrogen-bond donors (Lipinski definition) is 0. The number of aromatic nitrogens is 1. The predicted octanol–water partition coefficient (Wildman–Crippen LogP) is 3.19. The highest BCUT2D eigenvalue weighted by Gasteiger charge is 2.15. The van der Waals surface area contributed by atoms with Gasteiger partial charge in [0.1, 0.15) is 0 Å². The van der Waals surface area contributed by atoms with Gasteiger partial charge in [-0.3, -0.25) is 4.79 Å². The van der Waals surface area contributed by atoms with Gasteiger partial charge >= 0.3 is 0 Å². The van der Waals surface area contributed by atoms with Gasteiger partial charge in [-0.15, -0.1) is 0 Å². The summed E-state index contributed by atoms with van der Waals surface area (Å²) >= 11 is 0. The van der Waals surface area contributed by atoms with E-state index in [1.807, 2.05) is 35.0 Å². The van der Waals surface area contributed by atoms with E-state index in [0.29, 0.717) is 0 Å². The Morgan fingerprint density at radius 1 is 1.11 bits per heavy atom. The van der Waals surface area contributed by atoms with Gasteiger partial charge in [-0.2, -0.15) is 0 Å². The van der Waals surface area contributed by atoms with Crippen molar-refractivity contribution < 1.29 is 4.79 Å². The summed E-state index contributed by atoms with van der Waals surface area (Å²) in [6.45, 7) is 3.99. The molecule has 2 aromatic rings. The molecule has 2 rings (SSSR count). The molecule has 0 bridgehead atoms. The smallest absolute Gasteiger partial charge is 0.152 e. The Bertz CT molecular complexity index is 607. The predicted molar refractivity (Wildman–Crippen MR) is 80.0 cm³/mol. The Kier molecular flexibility index (Phi) is 3.47. The molecule has 0 N–H and O–H groups in total. The molecule has 0 spiro atoms. The monoisotopic (exact) mass is 256 g/mol. The van der Waals surface area contributed by atoms with Crippen LogP contribution in [0.15, 0.2) is 24.3 Å².